The summed E-state index contributed by atoms with van der Waals surface area (Å²) >= 11 is 3.21. The largest absolute Gasteiger partial charge is 0.463 e. The lowest BCUT2D eigenvalue weighted by atomic mass is 10.4. The summed E-state index contributed by atoms with van der Waals surface area (Å²) in [6.07, 6.45) is 1.57. The topological polar surface area (TPSA) is 65.2 Å². The number of thiophene rings is 1. The quantitative estimate of drug-likeness (QED) is 0.415. The van der Waals surface area contributed by atoms with Crippen LogP contribution in [0.4, 0.5) is 0 Å². The minimum Gasteiger partial charge on any atom is -0.463 e. The molecule has 0 N–H and O–H groups in total. The molecule has 0 radical (unpaired) electrons. The second kappa shape index (κ2) is 5.87. The van der Waals surface area contributed by atoms with E-state index in [2.05, 4.69) is 27.7 Å². The Morgan fingerprint density at radius 1 is 1.43 bits per heavy atom. The third-order valence-electron chi connectivity index (χ3n) is 2.82. The predicted molar refractivity (Wildman–Crippen MR) is 81.8 cm³/mol. The Balaban J connectivity index is 1.77. The molecule has 108 valence electrons. The average Bonchev–Trinajstić information content (AvgIpc) is 3.09. The van der Waals surface area contributed by atoms with Crippen molar-refractivity contribution in [2.24, 2.45) is 0 Å². The van der Waals surface area contributed by atoms with Gasteiger partial charge in [0.05, 0.1) is 12.9 Å². The number of furan rings is 1. The number of aromatic nitrogens is 2. The van der Waals surface area contributed by atoms with Gasteiger partial charge in [0.25, 0.3) is 0 Å². The van der Waals surface area contributed by atoms with Crippen LogP contribution >= 0.6 is 23.1 Å². The van der Waals surface area contributed by atoms with E-state index in [-0.39, 0.29) is 5.76 Å². The molecule has 0 aliphatic heterocycles. The number of aryl methyl sites for hydroxylation is 1. The molecule has 0 spiro atoms. The first-order valence-electron chi connectivity index (χ1n) is 6.18. The Hall–Kier alpha value is -1.86. The van der Waals surface area contributed by atoms with Crippen molar-refractivity contribution in [1.82, 2.24) is 9.97 Å². The minimum absolute atomic E-state index is 0.215. The van der Waals surface area contributed by atoms with Crippen molar-refractivity contribution < 1.29 is 13.9 Å². The molecule has 0 unspecified atom stereocenters. The molecule has 3 rings (SSSR count). The number of methoxy groups -OCH3 is 1. The zero-order chi connectivity index (χ0) is 14.8. The van der Waals surface area contributed by atoms with Gasteiger partial charge in [0, 0.05) is 10.3 Å². The van der Waals surface area contributed by atoms with Gasteiger partial charge in [-0.05, 0) is 25.1 Å². The highest BCUT2D eigenvalue weighted by molar-refractivity contribution is 7.98. The Labute approximate surface area is 129 Å². The van der Waals surface area contributed by atoms with E-state index in [0.29, 0.717) is 11.5 Å². The van der Waals surface area contributed by atoms with Crippen molar-refractivity contribution in [3.05, 3.63) is 40.9 Å². The lowest BCUT2D eigenvalue weighted by molar-refractivity contribution is 0.0563. The molecular formula is C14H12N2O3S2. The van der Waals surface area contributed by atoms with E-state index in [0.717, 1.165) is 15.2 Å². The zero-order valence-electron chi connectivity index (χ0n) is 11.5. The van der Waals surface area contributed by atoms with Crippen molar-refractivity contribution in [2.75, 3.05) is 7.11 Å². The highest BCUT2D eigenvalue weighted by Crippen LogP contribution is 2.32. The van der Waals surface area contributed by atoms with E-state index in [9.17, 15) is 4.79 Å². The van der Waals surface area contributed by atoms with Crippen LogP contribution < -0.4 is 0 Å². The smallest absolute Gasteiger partial charge is 0.373 e. The number of carbonyl (C=O) groups excluding carboxylic acids is 1. The Morgan fingerprint density at radius 3 is 3.10 bits per heavy atom. The zero-order valence-corrected chi connectivity index (χ0v) is 13.1. The summed E-state index contributed by atoms with van der Waals surface area (Å²) in [4.78, 5) is 22.1. The lowest BCUT2D eigenvalue weighted by Crippen LogP contribution is -1.98. The first-order valence-corrected chi connectivity index (χ1v) is 7.98. The molecule has 0 amide bonds. The molecule has 0 aliphatic carbocycles. The number of nitrogens with zero attached hydrogens (tertiary/aromatic N) is 2. The second-order valence-electron chi connectivity index (χ2n) is 4.30. The second-order valence-corrected chi connectivity index (χ2v) is 6.50. The average molecular weight is 320 g/mol. The van der Waals surface area contributed by atoms with E-state index in [1.807, 2.05) is 0 Å². The first-order chi connectivity index (χ1) is 10.2. The van der Waals surface area contributed by atoms with Crippen molar-refractivity contribution in [1.29, 1.82) is 0 Å². The molecule has 0 fully saturated rings. The van der Waals surface area contributed by atoms with Crippen LogP contribution in [-0.4, -0.2) is 23.0 Å². The standard InChI is InChI=1S/C14H12N2O3S2/c1-8-5-10-12(15-7-16-13(10)21-8)20-6-9-3-4-11(19-9)14(17)18-2/h3-5,7H,6H2,1-2H3. The van der Waals surface area contributed by atoms with Crippen LogP contribution in [0.5, 0.6) is 0 Å². The van der Waals surface area contributed by atoms with Crippen LogP contribution in [0.2, 0.25) is 0 Å². The number of rotatable bonds is 4. The molecule has 3 aromatic rings. The summed E-state index contributed by atoms with van der Waals surface area (Å²) in [5.41, 5.74) is 0. The molecule has 5 nitrogen and oxygen atoms in total. The number of esters is 1. The highest BCUT2D eigenvalue weighted by atomic mass is 32.2. The van der Waals surface area contributed by atoms with Gasteiger partial charge < -0.3 is 9.15 Å². The fourth-order valence-corrected chi connectivity index (χ4v) is 3.65. The molecular weight excluding hydrogens is 308 g/mol. The third kappa shape index (κ3) is 2.93. The van der Waals surface area contributed by atoms with E-state index in [4.69, 9.17) is 4.42 Å². The van der Waals surface area contributed by atoms with Crippen molar-refractivity contribution in [3.63, 3.8) is 0 Å². The van der Waals surface area contributed by atoms with Gasteiger partial charge in [-0.3, -0.25) is 0 Å². The van der Waals surface area contributed by atoms with Gasteiger partial charge in [0.15, 0.2) is 0 Å². The monoisotopic (exact) mass is 320 g/mol. The molecule has 7 heteroatoms. The fourth-order valence-electron chi connectivity index (χ4n) is 1.87. The van der Waals surface area contributed by atoms with Gasteiger partial charge in [0.1, 0.15) is 21.9 Å². The SMILES string of the molecule is COC(=O)c1ccc(CSc2ncnc3sc(C)cc23)o1. The fraction of sp³-hybridized carbons (Fsp3) is 0.214. The number of hydrogen-bond acceptors (Lipinski definition) is 7. The maximum Gasteiger partial charge on any atom is 0.373 e. The van der Waals surface area contributed by atoms with Gasteiger partial charge in [-0.1, -0.05) is 11.8 Å². The molecule has 21 heavy (non-hydrogen) atoms. The maximum absolute atomic E-state index is 11.3. The lowest BCUT2D eigenvalue weighted by Gasteiger charge is -2.00. The van der Waals surface area contributed by atoms with Crippen LogP contribution in [0.3, 0.4) is 0 Å². The maximum atomic E-state index is 11.3. The number of hydrogen-bond donors (Lipinski definition) is 0. The van der Waals surface area contributed by atoms with Gasteiger partial charge in [-0.15, -0.1) is 11.3 Å². The van der Waals surface area contributed by atoms with Gasteiger partial charge >= 0.3 is 5.97 Å². The molecule has 0 bridgehead atoms. The van der Waals surface area contributed by atoms with Crippen molar-refractivity contribution in [2.45, 2.75) is 17.7 Å². The van der Waals surface area contributed by atoms with Gasteiger partial charge in [-0.2, -0.15) is 0 Å². The Bertz CT molecular complexity index is 794. The van der Waals surface area contributed by atoms with Crippen LogP contribution in [0, 0.1) is 6.92 Å². The van der Waals surface area contributed by atoms with Crippen LogP contribution in [-0.2, 0) is 10.5 Å². The van der Waals surface area contributed by atoms with Gasteiger partial charge in [0.2, 0.25) is 5.76 Å². The van der Waals surface area contributed by atoms with Gasteiger partial charge in [-0.25, -0.2) is 14.8 Å². The Morgan fingerprint density at radius 2 is 2.29 bits per heavy atom. The van der Waals surface area contributed by atoms with E-state index < -0.39 is 5.97 Å². The Kier molecular flexibility index (Phi) is 3.94. The summed E-state index contributed by atoms with van der Waals surface area (Å²) in [5, 5.41) is 1.98. The minimum atomic E-state index is -0.468. The van der Waals surface area contributed by atoms with Crippen LogP contribution in [0.25, 0.3) is 10.2 Å². The number of fused-ring (bicyclic) bond motifs is 1. The summed E-state index contributed by atoms with van der Waals surface area (Å²) in [6, 6.07) is 5.48. The van der Waals surface area contributed by atoms with E-state index in [1.165, 1.54) is 12.0 Å². The van der Waals surface area contributed by atoms with Crippen molar-refractivity contribution >= 4 is 39.3 Å². The molecule has 0 atom stereocenters. The van der Waals surface area contributed by atoms with Crippen LogP contribution in [0.1, 0.15) is 21.2 Å². The molecule has 0 aliphatic rings. The molecule has 0 saturated heterocycles. The third-order valence-corrected chi connectivity index (χ3v) is 4.80. The summed E-state index contributed by atoms with van der Waals surface area (Å²) in [5.74, 6) is 1.05. The van der Waals surface area contributed by atoms with E-state index >= 15 is 0 Å². The number of thioether (sulfide) groups is 1. The molecule has 3 heterocycles. The summed E-state index contributed by atoms with van der Waals surface area (Å²) < 4.78 is 10.1. The summed E-state index contributed by atoms with van der Waals surface area (Å²) in [7, 11) is 1.33. The predicted octanol–water partition coefficient (Wildman–Crippen LogP) is 3.67. The number of carbonyl (C=O) groups is 1. The van der Waals surface area contributed by atoms with Crippen LogP contribution in [0.15, 0.2) is 34.0 Å². The molecule has 0 aromatic carbocycles. The molecule has 0 saturated carbocycles. The van der Waals surface area contributed by atoms with Crippen molar-refractivity contribution in [3.8, 4) is 0 Å². The first kappa shape index (κ1) is 14.1. The number of ether oxygens (including phenoxy) is 1. The summed E-state index contributed by atoms with van der Waals surface area (Å²) in [6.45, 7) is 2.05. The van der Waals surface area contributed by atoms with E-state index in [1.54, 1.807) is 41.6 Å². The highest BCUT2D eigenvalue weighted by Gasteiger charge is 2.12. The normalized spacial score (nSPS) is 11.0. The molecule has 3 aromatic heterocycles.